The summed E-state index contributed by atoms with van der Waals surface area (Å²) >= 11 is 2.13. The fourth-order valence-corrected chi connectivity index (χ4v) is 3.89. The van der Waals surface area contributed by atoms with Gasteiger partial charge in [0.1, 0.15) is 0 Å². The summed E-state index contributed by atoms with van der Waals surface area (Å²) in [4.78, 5) is 2.77. The van der Waals surface area contributed by atoms with E-state index in [0.29, 0.717) is 0 Å². The second kappa shape index (κ2) is 5.38. The third-order valence-electron chi connectivity index (χ3n) is 3.52. The fraction of sp³-hybridized carbons (Fsp3) is 1.00. The van der Waals surface area contributed by atoms with Gasteiger partial charge in [0.25, 0.3) is 0 Å². The van der Waals surface area contributed by atoms with Crippen LogP contribution in [0, 0.1) is 0 Å². The highest BCUT2D eigenvalue weighted by Gasteiger charge is 2.30. The highest BCUT2D eigenvalue weighted by molar-refractivity contribution is 7.99. The van der Waals surface area contributed by atoms with Crippen molar-refractivity contribution >= 4 is 11.8 Å². The lowest BCUT2D eigenvalue weighted by molar-refractivity contribution is 0.168. The molecule has 14 heavy (non-hydrogen) atoms. The van der Waals surface area contributed by atoms with E-state index in [0.717, 1.165) is 12.1 Å². The van der Waals surface area contributed by atoms with E-state index in [9.17, 15) is 0 Å². The maximum Gasteiger partial charge on any atom is 0.0223 e. The van der Waals surface area contributed by atoms with E-state index in [4.69, 9.17) is 0 Å². The van der Waals surface area contributed by atoms with Crippen molar-refractivity contribution in [2.75, 3.05) is 31.6 Å². The number of likely N-dealkylation sites (tertiary alicyclic amines) is 1. The zero-order valence-corrected chi connectivity index (χ0v) is 9.98. The maximum atomic E-state index is 3.33. The summed E-state index contributed by atoms with van der Waals surface area (Å²) in [5.74, 6) is 2.76. The molecule has 1 atom stereocenters. The van der Waals surface area contributed by atoms with Crippen LogP contribution in [0.25, 0.3) is 0 Å². The molecule has 82 valence electrons. The van der Waals surface area contributed by atoms with Crippen LogP contribution in [-0.2, 0) is 0 Å². The van der Waals surface area contributed by atoms with Gasteiger partial charge in [-0.05, 0) is 50.8 Å². The van der Waals surface area contributed by atoms with Gasteiger partial charge >= 0.3 is 0 Å². The fourth-order valence-electron chi connectivity index (χ4n) is 2.81. The van der Waals surface area contributed by atoms with Gasteiger partial charge in [0.2, 0.25) is 0 Å². The summed E-state index contributed by atoms with van der Waals surface area (Å²) in [6, 6.07) is 1.73. The highest BCUT2D eigenvalue weighted by atomic mass is 32.2. The third-order valence-corrected chi connectivity index (χ3v) is 4.57. The zero-order chi connectivity index (χ0) is 9.80. The van der Waals surface area contributed by atoms with Gasteiger partial charge in [-0.15, -0.1) is 0 Å². The molecule has 2 aliphatic heterocycles. The number of hydrogen-bond acceptors (Lipinski definition) is 3. The van der Waals surface area contributed by atoms with Gasteiger partial charge in [0, 0.05) is 18.6 Å². The van der Waals surface area contributed by atoms with Crippen molar-refractivity contribution in [1.82, 2.24) is 10.2 Å². The molecule has 0 aliphatic carbocycles. The first-order chi connectivity index (χ1) is 6.92. The molecule has 2 heterocycles. The zero-order valence-electron chi connectivity index (χ0n) is 9.17. The first-order valence-electron chi connectivity index (χ1n) is 5.90. The summed E-state index contributed by atoms with van der Waals surface area (Å²) in [5.41, 5.74) is 0. The van der Waals surface area contributed by atoms with Crippen LogP contribution < -0.4 is 5.32 Å². The van der Waals surface area contributed by atoms with Crippen LogP contribution in [0.4, 0.5) is 0 Å². The van der Waals surface area contributed by atoms with E-state index in [2.05, 4.69) is 29.0 Å². The van der Waals surface area contributed by atoms with E-state index in [-0.39, 0.29) is 0 Å². The van der Waals surface area contributed by atoms with Crippen LogP contribution in [-0.4, -0.2) is 48.6 Å². The lowest BCUT2D eigenvalue weighted by Crippen LogP contribution is -2.44. The molecule has 0 aromatic carbocycles. The molecule has 0 spiro atoms. The van der Waals surface area contributed by atoms with Crippen molar-refractivity contribution in [3.63, 3.8) is 0 Å². The lowest BCUT2D eigenvalue weighted by Gasteiger charge is -2.35. The predicted octanol–water partition coefficient (Wildman–Crippen LogP) is 1.57. The topological polar surface area (TPSA) is 15.3 Å². The molecule has 2 rings (SSSR count). The molecule has 0 aromatic heterocycles. The number of rotatable bonds is 3. The van der Waals surface area contributed by atoms with Crippen LogP contribution in [0.15, 0.2) is 0 Å². The predicted molar refractivity (Wildman–Crippen MR) is 64.0 cm³/mol. The second-order valence-electron chi connectivity index (χ2n) is 4.44. The molecule has 2 nitrogen and oxygen atoms in total. The molecule has 1 unspecified atom stereocenters. The Morgan fingerprint density at radius 3 is 2.79 bits per heavy atom. The Labute approximate surface area is 91.8 Å². The Bertz CT molecular complexity index is 169. The third kappa shape index (κ3) is 2.44. The van der Waals surface area contributed by atoms with Gasteiger partial charge in [0.15, 0.2) is 0 Å². The molecule has 1 N–H and O–H groups in total. The van der Waals surface area contributed by atoms with E-state index in [1.165, 1.54) is 50.3 Å². The molecular formula is C11H22N2S. The van der Waals surface area contributed by atoms with Crippen LogP contribution in [0.2, 0.25) is 0 Å². The molecule has 0 aromatic rings. The average Bonchev–Trinajstić information content (AvgIpc) is 2.68. The van der Waals surface area contributed by atoms with Gasteiger partial charge in [-0.3, -0.25) is 4.90 Å². The van der Waals surface area contributed by atoms with Crippen LogP contribution in [0.5, 0.6) is 0 Å². The van der Waals surface area contributed by atoms with E-state index in [1.807, 2.05) is 0 Å². The highest BCUT2D eigenvalue weighted by Crippen LogP contribution is 2.27. The second-order valence-corrected chi connectivity index (χ2v) is 5.66. The van der Waals surface area contributed by atoms with Gasteiger partial charge in [-0.2, -0.15) is 11.8 Å². The lowest BCUT2D eigenvalue weighted by atomic mass is 10.1. The van der Waals surface area contributed by atoms with Crippen molar-refractivity contribution in [2.24, 2.45) is 0 Å². The van der Waals surface area contributed by atoms with Gasteiger partial charge in [-0.25, -0.2) is 0 Å². The molecule has 2 fully saturated rings. The Morgan fingerprint density at radius 1 is 1.29 bits per heavy atom. The number of hydrogen-bond donors (Lipinski definition) is 1. The van der Waals surface area contributed by atoms with Crippen LogP contribution in [0.1, 0.15) is 25.7 Å². The molecule has 2 saturated heterocycles. The number of likely N-dealkylation sites (N-methyl/N-ethyl adjacent to an activating group) is 1. The Hall–Kier alpha value is 0.270. The maximum absolute atomic E-state index is 3.33. The number of thioether (sulfide) groups is 1. The minimum atomic E-state index is 0.827. The summed E-state index contributed by atoms with van der Waals surface area (Å²) < 4.78 is 0. The molecule has 0 saturated carbocycles. The minimum absolute atomic E-state index is 0.827. The molecule has 0 bridgehead atoms. The first-order valence-corrected chi connectivity index (χ1v) is 7.05. The largest absolute Gasteiger partial charge is 0.318 e. The van der Waals surface area contributed by atoms with Crippen molar-refractivity contribution < 1.29 is 0 Å². The van der Waals surface area contributed by atoms with Gasteiger partial charge in [0.05, 0.1) is 0 Å². The molecule has 0 radical (unpaired) electrons. The van der Waals surface area contributed by atoms with Crippen molar-refractivity contribution in [2.45, 2.75) is 37.8 Å². The average molecular weight is 214 g/mol. The molecule has 0 amide bonds. The van der Waals surface area contributed by atoms with Gasteiger partial charge in [-0.1, -0.05) is 0 Å². The monoisotopic (exact) mass is 214 g/mol. The summed E-state index contributed by atoms with van der Waals surface area (Å²) in [5, 5.41) is 3.33. The summed E-state index contributed by atoms with van der Waals surface area (Å²) in [7, 11) is 2.08. The summed E-state index contributed by atoms with van der Waals surface area (Å²) in [6.07, 6.45) is 5.66. The van der Waals surface area contributed by atoms with Crippen molar-refractivity contribution in [3.05, 3.63) is 0 Å². The smallest absolute Gasteiger partial charge is 0.0223 e. The quantitative estimate of drug-likeness (QED) is 0.768. The summed E-state index contributed by atoms with van der Waals surface area (Å²) in [6.45, 7) is 2.53. The number of nitrogens with zero attached hydrogens (tertiary/aromatic N) is 1. The molecular weight excluding hydrogens is 192 g/mol. The number of nitrogens with one attached hydrogen (secondary N) is 1. The van der Waals surface area contributed by atoms with E-state index < -0.39 is 0 Å². The molecule has 2 aliphatic rings. The Morgan fingerprint density at radius 2 is 2.07 bits per heavy atom. The van der Waals surface area contributed by atoms with Crippen LogP contribution >= 0.6 is 11.8 Å². The Kier molecular flexibility index (Phi) is 4.14. The standard InChI is InChI=1S/C11H22N2S/c1-12-9-11-3-2-6-13(11)10-4-7-14-8-5-10/h10-12H,2-9H2,1H3. The minimum Gasteiger partial charge on any atom is -0.318 e. The Balaban J connectivity index is 1.87. The normalized spacial score (nSPS) is 31.1. The van der Waals surface area contributed by atoms with Crippen molar-refractivity contribution in [1.29, 1.82) is 0 Å². The van der Waals surface area contributed by atoms with Crippen molar-refractivity contribution in [3.8, 4) is 0 Å². The van der Waals surface area contributed by atoms with E-state index >= 15 is 0 Å². The first kappa shape index (κ1) is 10.8. The SMILES string of the molecule is CNCC1CCCN1C1CCSCC1. The van der Waals surface area contributed by atoms with E-state index in [1.54, 1.807) is 0 Å². The van der Waals surface area contributed by atoms with Gasteiger partial charge < -0.3 is 5.32 Å². The van der Waals surface area contributed by atoms with Crippen LogP contribution in [0.3, 0.4) is 0 Å². The molecule has 3 heteroatoms.